The highest BCUT2D eigenvalue weighted by molar-refractivity contribution is 6.32. The largest absolute Gasteiger partial charge is 0.482 e. The van der Waals surface area contributed by atoms with Gasteiger partial charge < -0.3 is 14.8 Å². The van der Waals surface area contributed by atoms with Gasteiger partial charge in [-0.1, -0.05) is 48.0 Å². The van der Waals surface area contributed by atoms with Gasteiger partial charge in [0.25, 0.3) is 5.91 Å². The Morgan fingerprint density at radius 1 is 1.08 bits per heavy atom. The minimum atomic E-state index is -0.492. The van der Waals surface area contributed by atoms with E-state index in [0.29, 0.717) is 10.8 Å². The molecule has 2 aromatic rings. The molecule has 0 atom stereocenters. The van der Waals surface area contributed by atoms with Crippen LogP contribution in [0.5, 0.6) is 5.75 Å². The maximum Gasteiger partial charge on any atom is 0.325 e. The third kappa shape index (κ3) is 6.12. The Kier molecular flexibility index (Phi) is 6.83. The minimum absolute atomic E-state index is 0.193. The average molecular weight is 362 g/mol. The van der Waals surface area contributed by atoms with Crippen LogP contribution in [0.25, 0.3) is 11.1 Å². The maximum atomic E-state index is 11.7. The summed E-state index contributed by atoms with van der Waals surface area (Å²) in [5.74, 6) is -0.515. The van der Waals surface area contributed by atoms with E-state index >= 15 is 0 Å². The van der Waals surface area contributed by atoms with Crippen molar-refractivity contribution in [3.8, 4) is 16.9 Å². The van der Waals surface area contributed by atoms with Gasteiger partial charge in [-0.25, -0.2) is 0 Å². The number of hydrogen-bond acceptors (Lipinski definition) is 4. The number of halogens is 1. The normalized spacial score (nSPS) is 10.4. The van der Waals surface area contributed by atoms with Crippen LogP contribution in [0.1, 0.15) is 13.8 Å². The van der Waals surface area contributed by atoms with Gasteiger partial charge in [0.05, 0.1) is 11.1 Å². The molecule has 0 saturated heterocycles. The number of benzene rings is 2. The second kappa shape index (κ2) is 9.08. The van der Waals surface area contributed by atoms with Crippen molar-refractivity contribution in [2.24, 2.45) is 0 Å². The third-order valence-electron chi connectivity index (χ3n) is 3.19. The van der Waals surface area contributed by atoms with Crippen molar-refractivity contribution in [2.75, 3.05) is 13.2 Å². The standard InChI is InChI=1S/C19H20ClNO4/c1-13(2)25-19(23)11-21-18(22)12-24-17-9-8-15(10-16(17)20)14-6-4-3-5-7-14/h3-10,13H,11-12H2,1-2H3,(H,21,22). The lowest BCUT2D eigenvalue weighted by Gasteiger charge is -2.11. The maximum absolute atomic E-state index is 11.7. The van der Waals surface area contributed by atoms with E-state index in [1.54, 1.807) is 26.0 Å². The van der Waals surface area contributed by atoms with E-state index in [0.717, 1.165) is 11.1 Å². The van der Waals surface area contributed by atoms with E-state index in [4.69, 9.17) is 21.1 Å². The zero-order chi connectivity index (χ0) is 18.2. The smallest absolute Gasteiger partial charge is 0.325 e. The van der Waals surface area contributed by atoms with Crippen molar-refractivity contribution in [3.05, 3.63) is 53.6 Å². The molecule has 2 rings (SSSR count). The van der Waals surface area contributed by atoms with Crippen molar-refractivity contribution in [2.45, 2.75) is 20.0 Å². The van der Waals surface area contributed by atoms with Crippen LogP contribution in [0.2, 0.25) is 5.02 Å². The van der Waals surface area contributed by atoms with E-state index in [1.807, 2.05) is 36.4 Å². The first kappa shape index (κ1) is 18.8. The number of carbonyl (C=O) groups is 2. The van der Waals surface area contributed by atoms with Gasteiger partial charge in [0, 0.05) is 0 Å². The Bertz CT molecular complexity index is 731. The summed E-state index contributed by atoms with van der Waals surface area (Å²) in [4.78, 5) is 23.1. The number of ether oxygens (including phenoxy) is 2. The van der Waals surface area contributed by atoms with E-state index in [1.165, 1.54) is 0 Å². The number of carbonyl (C=O) groups excluding carboxylic acids is 2. The molecule has 0 radical (unpaired) electrons. The summed E-state index contributed by atoms with van der Waals surface area (Å²) in [6.45, 7) is 3.05. The van der Waals surface area contributed by atoms with Gasteiger partial charge in [0.2, 0.25) is 0 Å². The first-order valence-electron chi connectivity index (χ1n) is 7.89. The van der Waals surface area contributed by atoms with Crippen LogP contribution < -0.4 is 10.1 Å². The molecule has 0 aliphatic rings. The van der Waals surface area contributed by atoms with Gasteiger partial charge in [-0.3, -0.25) is 9.59 Å². The Balaban J connectivity index is 1.86. The molecule has 0 aliphatic carbocycles. The van der Waals surface area contributed by atoms with Crippen LogP contribution in [0.4, 0.5) is 0 Å². The second-order valence-electron chi connectivity index (χ2n) is 5.62. The summed E-state index contributed by atoms with van der Waals surface area (Å²) >= 11 is 6.22. The zero-order valence-electron chi connectivity index (χ0n) is 14.1. The lowest BCUT2D eigenvalue weighted by Crippen LogP contribution is -2.34. The Hall–Kier alpha value is -2.53. The molecule has 1 amide bonds. The Morgan fingerprint density at radius 2 is 1.80 bits per heavy atom. The highest BCUT2D eigenvalue weighted by Gasteiger charge is 2.10. The number of amides is 1. The van der Waals surface area contributed by atoms with Crippen molar-refractivity contribution >= 4 is 23.5 Å². The van der Waals surface area contributed by atoms with Crippen LogP contribution in [0.15, 0.2) is 48.5 Å². The molecular weight excluding hydrogens is 342 g/mol. The average Bonchev–Trinajstić information content (AvgIpc) is 2.59. The predicted molar refractivity (Wildman–Crippen MR) is 96.6 cm³/mol. The molecule has 1 N–H and O–H groups in total. The van der Waals surface area contributed by atoms with Crippen molar-refractivity contribution in [3.63, 3.8) is 0 Å². The summed E-state index contributed by atoms with van der Waals surface area (Å²) in [6, 6.07) is 15.2. The molecule has 6 heteroatoms. The molecule has 132 valence electrons. The topological polar surface area (TPSA) is 64.6 Å². The fourth-order valence-electron chi connectivity index (χ4n) is 2.10. The summed E-state index contributed by atoms with van der Waals surface area (Å²) in [7, 11) is 0. The molecule has 0 aliphatic heterocycles. The highest BCUT2D eigenvalue weighted by atomic mass is 35.5. The van der Waals surface area contributed by atoms with Gasteiger partial charge in [-0.15, -0.1) is 0 Å². The first-order chi connectivity index (χ1) is 12.0. The zero-order valence-corrected chi connectivity index (χ0v) is 14.9. The third-order valence-corrected chi connectivity index (χ3v) is 3.49. The molecule has 0 fully saturated rings. The quantitative estimate of drug-likeness (QED) is 0.767. The Morgan fingerprint density at radius 3 is 2.44 bits per heavy atom. The molecule has 2 aromatic carbocycles. The van der Waals surface area contributed by atoms with Gasteiger partial charge in [-0.05, 0) is 37.1 Å². The summed E-state index contributed by atoms with van der Waals surface area (Å²) in [6.07, 6.45) is -0.220. The lowest BCUT2D eigenvalue weighted by molar-refractivity contribution is -0.147. The molecule has 0 saturated carbocycles. The fraction of sp³-hybridized carbons (Fsp3) is 0.263. The molecule has 0 aromatic heterocycles. The second-order valence-corrected chi connectivity index (χ2v) is 6.02. The van der Waals surface area contributed by atoms with E-state index in [-0.39, 0.29) is 19.3 Å². The van der Waals surface area contributed by atoms with Crippen molar-refractivity contribution in [1.82, 2.24) is 5.32 Å². The molecule has 0 unspecified atom stereocenters. The van der Waals surface area contributed by atoms with Gasteiger partial charge >= 0.3 is 5.97 Å². The minimum Gasteiger partial charge on any atom is -0.482 e. The number of hydrogen-bond donors (Lipinski definition) is 1. The van der Waals surface area contributed by atoms with E-state index < -0.39 is 11.9 Å². The lowest BCUT2D eigenvalue weighted by atomic mass is 10.1. The molecule has 5 nitrogen and oxygen atoms in total. The van der Waals surface area contributed by atoms with Crippen LogP contribution in [-0.2, 0) is 14.3 Å². The SMILES string of the molecule is CC(C)OC(=O)CNC(=O)COc1ccc(-c2ccccc2)cc1Cl. The van der Waals surface area contributed by atoms with Crippen LogP contribution in [0.3, 0.4) is 0 Å². The fourth-order valence-corrected chi connectivity index (χ4v) is 2.33. The van der Waals surface area contributed by atoms with Crippen molar-refractivity contribution < 1.29 is 19.1 Å². The van der Waals surface area contributed by atoms with Crippen molar-refractivity contribution in [1.29, 1.82) is 0 Å². The molecular formula is C19H20ClNO4. The summed E-state index contributed by atoms with van der Waals surface area (Å²) in [5, 5.41) is 2.84. The summed E-state index contributed by atoms with van der Waals surface area (Å²) < 4.78 is 10.3. The predicted octanol–water partition coefficient (Wildman–Crippen LogP) is 3.45. The molecule has 25 heavy (non-hydrogen) atoms. The van der Waals surface area contributed by atoms with Crippen LogP contribution >= 0.6 is 11.6 Å². The van der Waals surface area contributed by atoms with Crippen LogP contribution in [-0.4, -0.2) is 31.1 Å². The molecule has 0 spiro atoms. The molecule has 0 bridgehead atoms. The van der Waals surface area contributed by atoms with Gasteiger partial charge in [0.1, 0.15) is 12.3 Å². The van der Waals surface area contributed by atoms with E-state index in [2.05, 4.69) is 5.32 Å². The highest BCUT2D eigenvalue weighted by Crippen LogP contribution is 2.30. The van der Waals surface area contributed by atoms with Gasteiger partial charge in [-0.2, -0.15) is 0 Å². The first-order valence-corrected chi connectivity index (χ1v) is 8.27. The monoisotopic (exact) mass is 361 g/mol. The van der Waals surface area contributed by atoms with Crippen LogP contribution in [0, 0.1) is 0 Å². The van der Waals surface area contributed by atoms with Gasteiger partial charge in [0.15, 0.2) is 6.61 Å². The van der Waals surface area contributed by atoms with E-state index in [9.17, 15) is 9.59 Å². The number of esters is 1. The summed E-state index contributed by atoms with van der Waals surface area (Å²) in [5.41, 5.74) is 2.00. The number of nitrogens with one attached hydrogen (secondary N) is 1. The number of rotatable bonds is 7. The molecule has 0 heterocycles. The Labute approximate surface area is 151 Å².